The third kappa shape index (κ3) is 3.10. The molecule has 1 fully saturated rings. The number of aliphatic imine (C=N–C) groups is 1. The van der Waals surface area contributed by atoms with Crippen molar-refractivity contribution < 1.29 is 9.59 Å². The van der Waals surface area contributed by atoms with Crippen molar-refractivity contribution in [3.8, 4) is 0 Å². The highest BCUT2D eigenvalue weighted by Crippen LogP contribution is 2.30. The molecular formula is C26H21N3O2. The van der Waals surface area contributed by atoms with Gasteiger partial charge in [-0.2, -0.15) is 0 Å². The number of hydrazine groups is 1. The normalized spacial score (nSPS) is 18.4. The van der Waals surface area contributed by atoms with Gasteiger partial charge in [0.2, 0.25) is 0 Å². The lowest BCUT2D eigenvalue weighted by molar-refractivity contribution is -0.113. The van der Waals surface area contributed by atoms with E-state index in [2.05, 4.69) is 11.1 Å². The number of rotatable bonds is 2. The van der Waals surface area contributed by atoms with Crippen LogP contribution in [-0.4, -0.2) is 35.6 Å². The number of nitrogens with zero attached hydrogens (tertiary/aromatic N) is 3. The summed E-state index contributed by atoms with van der Waals surface area (Å²) >= 11 is 0. The van der Waals surface area contributed by atoms with Crippen LogP contribution in [-0.2, 0) is 4.79 Å². The van der Waals surface area contributed by atoms with Crippen LogP contribution in [0.2, 0.25) is 0 Å². The molecule has 0 spiro atoms. The van der Waals surface area contributed by atoms with Gasteiger partial charge in [-0.25, -0.2) is 15.0 Å². The molecule has 1 unspecified atom stereocenters. The highest BCUT2D eigenvalue weighted by Gasteiger charge is 2.40. The second-order valence-corrected chi connectivity index (χ2v) is 7.70. The zero-order valence-corrected chi connectivity index (χ0v) is 17.3. The third-order valence-electron chi connectivity index (χ3n) is 5.89. The molecule has 152 valence electrons. The Morgan fingerprint density at radius 2 is 1.39 bits per heavy atom. The number of amides is 2. The summed E-state index contributed by atoms with van der Waals surface area (Å²) in [4.78, 5) is 31.1. The molecule has 0 saturated carbocycles. The van der Waals surface area contributed by atoms with E-state index in [-0.39, 0.29) is 17.7 Å². The van der Waals surface area contributed by atoms with Crippen LogP contribution in [0, 0.1) is 0 Å². The second kappa shape index (κ2) is 7.45. The van der Waals surface area contributed by atoms with E-state index in [1.54, 1.807) is 5.01 Å². The summed E-state index contributed by atoms with van der Waals surface area (Å²) in [6.07, 6.45) is 0. The van der Waals surface area contributed by atoms with Crippen molar-refractivity contribution in [1.82, 2.24) is 5.01 Å². The fourth-order valence-electron chi connectivity index (χ4n) is 4.20. The molecule has 0 aliphatic carbocycles. The molecule has 1 aliphatic heterocycles. The Bertz CT molecular complexity index is 1310. The molecule has 1 heterocycles. The van der Waals surface area contributed by atoms with Crippen molar-refractivity contribution in [2.75, 3.05) is 12.1 Å². The monoisotopic (exact) mass is 407 g/mol. The Morgan fingerprint density at radius 1 is 0.839 bits per heavy atom. The molecule has 0 aromatic heterocycles. The summed E-state index contributed by atoms with van der Waals surface area (Å²) in [5.74, 6) is -0.675. The van der Waals surface area contributed by atoms with Crippen LogP contribution in [0.25, 0.3) is 21.5 Å². The summed E-state index contributed by atoms with van der Waals surface area (Å²) in [5.41, 5.74) is 1.52. The average molecular weight is 407 g/mol. The number of para-hydroxylation sites is 1. The highest BCUT2D eigenvalue weighted by atomic mass is 16.2. The largest absolute Gasteiger partial charge is 0.289 e. The predicted octanol–water partition coefficient (Wildman–Crippen LogP) is 4.86. The molecule has 0 bridgehead atoms. The van der Waals surface area contributed by atoms with Gasteiger partial charge in [0.15, 0.2) is 0 Å². The molecule has 1 aliphatic rings. The van der Waals surface area contributed by atoms with Gasteiger partial charge in [0.25, 0.3) is 11.8 Å². The molecule has 2 amide bonds. The standard InChI is InChI=1S/C26H21N3O2/c1-17-24(26(31)29(28(17)2)20-12-4-3-5-13-20)27-25(30)23-21-14-8-6-10-18(21)16-19-11-7-9-15-22(19)23/h3-17H,1-2H3. The highest BCUT2D eigenvalue weighted by molar-refractivity contribution is 6.49. The van der Waals surface area contributed by atoms with Crippen molar-refractivity contribution in [3.05, 3.63) is 90.5 Å². The molecule has 31 heavy (non-hydrogen) atoms. The van der Waals surface area contributed by atoms with E-state index in [9.17, 15) is 9.59 Å². The summed E-state index contributed by atoms with van der Waals surface area (Å²) in [6.45, 7) is 1.88. The zero-order valence-electron chi connectivity index (χ0n) is 17.3. The lowest BCUT2D eigenvalue weighted by Gasteiger charge is -2.25. The molecule has 5 heteroatoms. The fourth-order valence-corrected chi connectivity index (χ4v) is 4.20. The predicted molar refractivity (Wildman–Crippen MR) is 124 cm³/mol. The van der Waals surface area contributed by atoms with E-state index in [1.807, 2.05) is 97.8 Å². The Morgan fingerprint density at radius 3 is 2.00 bits per heavy atom. The van der Waals surface area contributed by atoms with E-state index < -0.39 is 5.91 Å². The van der Waals surface area contributed by atoms with Gasteiger partial charge in [0, 0.05) is 7.05 Å². The van der Waals surface area contributed by atoms with E-state index in [0.29, 0.717) is 5.56 Å². The minimum atomic E-state index is -0.397. The van der Waals surface area contributed by atoms with Crippen LogP contribution in [0.4, 0.5) is 5.69 Å². The molecule has 0 radical (unpaired) electrons. The fraction of sp³-hybridized carbons (Fsp3) is 0.115. The third-order valence-corrected chi connectivity index (χ3v) is 5.89. The SMILES string of the molecule is CC1C(=NC(=O)c2c3ccccc3cc3ccccc23)C(=O)N(c2ccccc2)N1C. The maximum Gasteiger partial charge on any atom is 0.289 e. The quantitative estimate of drug-likeness (QED) is 0.446. The summed E-state index contributed by atoms with van der Waals surface area (Å²) in [7, 11) is 1.83. The Balaban J connectivity index is 1.64. The molecular weight excluding hydrogens is 386 g/mol. The maximum atomic E-state index is 13.5. The summed E-state index contributed by atoms with van der Waals surface area (Å²) < 4.78 is 0. The van der Waals surface area contributed by atoms with Gasteiger partial charge in [0.05, 0.1) is 17.3 Å². The van der Waals surface area contributed by atoms with Crippen LogP contribution in [0.1, 0.15) is 17.3 Å². The van der Waals surface area contributed by atoms with Crippen LogP contribution in [0.15, 0.2) is 89.9 Å². The smallest absolute Gasteiger partial charge is 0.267 e. The number of benzene rings is 4. The van der Waals surface area contributed by atoms with Gasteiger partial charge in [-0.05, 0) is 46.7 Å². The summed E-state index contributed by atoms with van der Waals surface area (Å²) in [6, 6.07) is 26.7. The van der Waals surface area contributed by atoms with Gasteiger partial charge in [-0.3, -0.25) is 9.59 Å². The van der Waals surface area contributed by atoms with E-state index >= 15 is 0 Å². The number of hydrogen-bond donors (Lipinski definition) is 0. The molecule has 1 atom stereocenters. The molecule has 4 aromatic carbocycles. The first-order valence-electron chi connectivity index (χ1n) is 10.2. The van der Waals surface area contributed by atoms with Gasteiger partial charge < -0.3 is 0 Å². The van der Waals surface area contributed by atoms with E-state index in [1.165, 1.54) is 0 Å². The lowest BCUT2D eigenvalue weighted by Crippen LogP contribution is -2.38. The van der Waals surface area contributed by atoms with Crippen molar-refractivity contribution in [2.24, 2.45) is 4.99 Å². The van der Waals surface area contributed by atoms with Crippen LogP contribution in [0.3, 0.4) is 0 Å². The number of hydrogen-bond acceptors (Lipinski definition) is 3. The number of anilines is 1. The first-order valence-corrected chi connectivity index (χ1v) is 10.2. The lowest BCUT2D eigenvalue weighted by atomic mass is 9.96. The van der Waals surface area contributed by atoms with Gasteiger partial charge in [-0.15, -0.1) is 0 Å². The van der Waals surface area contributed by atoms with Crippen molar-refractivity contribution in [1.29, 1.82) is 0 Å². The molecule has 5 nitrogen and oxygen atoms in total. The second-order valence-electron chi connectivity index (χ2n) is 7.70. The average Bonchev–Trinajstić information content (AvgIpc) is 3.01. The Labute approximate surface area is 180 Å². The molecule has 1 saturated heterocycles. The number of carbonyl (C=O) groups excluding carboxylic acids is 2. The number of carbonyl (C=O) groups is 2. The minimum absolute atomic E-state index is 0.244. The van der Waals surface area contributed by atoms with Gasteiger partial charge >= 0.3 is 0 Å². The maximum absolute atomic E-state index is 13.5. The topological polar surface area (TPSA) is 53.0 Å². The number of fused-ring (bicyclic) bond motifs is 2. The van der Waals surface area contributed by atoms with Crippen molar-refractivity contribution >= 4 is 44.8 Å². The van der Waals surface area contributed by atoms with Crippen molar-refractivity contribution in [2.45, 2.75) is 13.0 Å². The Hall–Kier alpha value is -3.83. The zero-order chi connectivity index (χ0) is 21.5. The molecule has 4 aromatic rings. The first-order chi connectivity index (χ1) is 15.1. The van der Waals surface area contributed by atoms with Crippen LogP contribution >= 0.6 is 0 Å². The van der Waals surface area contributed by atoms with E-state index in [0.717, 1.165) is 27.2 Å². The van der Waals surface area contributed by atoms with Gasteiger partial charge in [0.1, 0.15) is 5.71 Å². The van der Waals surface area contributed by atoms with Gasteiger partial charge in [-0.1, -0.05) is 66.7 Å². The molecule has 5 rings (SSSR count). The molecule has 0 N–H and O–H groups in total. The van der Waals surface area contributed by atoms with Crippen LogP contribution < -0.4 is 5.01 Å². The first kappa shape index (κ1) is 19.2. The van der Waals surface area contributed by atoms with E-state index in [4.69, 9.17) is 0 Å². The van der Waals surface area contributed by atoms with Crippen LogP contribution in [0.5, 0.6) is 0 Å². The summed E-state index contributed by atoms with van der Waals surface area (Å²) in [5, 5.41) is 6.99. The van der Waals surface area contributed by atoms with Crippen molar-refractivity contribution in [3.63, 3.8) is 0 Å². The Kier molecular flexibility index (Phi) is 4.60. The minimum Gasteiger partial charge on any atom is -0.267 e.